The van der Waals surface area contributed by atoms with E-state index < -0.39 is 0 Å². The molecule has 0 amide bonds. The lowest BCUT2D eigenvalue weighted by Crippen LogP contribution is -2.19. The Balaban J connectivity index is 2.56. The van der Waals surface area contributed by atoms with Crippen LogP contribution in [0.3, 0.4) is 0 Å². The van der Waals surface area contributed by atoms with Crippen LogP contribution in [0.4, 0.5) is 0 Å². The number of hydrogen-bond donors (Lipinski definition) is 1. The van der Waals surface area contributed by atoms with Crippen LogP contribution in [0.15, 0.2) is 23.8 Å². The van der Waals surface area contributed by atoms with Crippen molar-refractivity contribution >= 4 is 0 Å². The fraction of sp³-hybridized carbons (Fsp3) is 0.600. The lowest BCUT2D eigenvalue weighted by atomic mass is 9.86. The zero-order chi connectivity index (χ0) is 8.27. The Morgan fingerprint density at radius 2 is 2.45 bits per heavy atom. The van der Waals surface area contributed by atoms with E-state index in [1.54, 1.807) is 0 Å². The largest absolute Gasteiger partial charge is 0.330 e. The lowest BCUT2D eigenvalue weighted by Gasteiger charge is -2.20. The van der Waals surface area contributed by atoms with Gasteiger partial charge in [0.1, 0.15) is 0 Å². The maximum atomic E-state index is 5.59. The van der Waals surface area contributed by atoms with Crippen molar-refractivity contribution in [1.82, 2.24) is 0 Å². The van der Waals surface area contributed by atoms with Gasteiger partial charge in [-0.25, -0.2) is 0 Å². The topological polar surface area (TPSA) is 26.0 Å². The molecule has 0 fully saturated rings. The first-order valence-electron chi connectivity index (χ1n) is 4.29. The van der Waals surface area contributed by atoms with E-state index in [9.17, 15) is 0 Å². The van der Waals surface area contributed by atoms with Gasteiger partial charge in [-0.05, 0) is 31.7 Å². The van der Waals surface area contributed by atoms with Gasteiger partial charge in [-0.1, -0.05) is 30.7 Å². The van der Waals surface area contributed by atoms with Crippen LogP contribution < -0.4 is 5.73 Å². The van der Waals surface area contributed by atoms with E-state index in [1.807, 2.05) is 0 Å². The second-order valence-electron chi connectivity index (χ2n) is 3.43. The Morgan fingerprint density at radius 3 is 3.00 bits per heavy atom. The van der Waals surface area contributed by atoms with Gasteiger partial charge < -0.3 is 5.73 Å². The molecule has 1 rings (SSSR count). The second kappa shape index (κ2) is 3.72. The SMILES string of the molecule is CC1=CC(C(C)CN)CC=C1. The molecule has 0 aliphatic heterocycles. The maximum absolute atomic E-state index is 5.59. The van der Waals surface area contributed by atoms with Crippen LogP contribution in [-0.2, 0) is 0 Å². The van der Waals surface area contributed by atoms with E-state index in [0.717, 1.165) is 13.0 Å². The first-order valence-corrected chi connectivity index (χ1v) is 4.29. The van der Waals surface area contributed by atoms with E-state index in [2.05, 4.69) is 32.1 Å². The molecule has 11 heavy (non-hydrogen) atoms. The molecule has 1 nitrogen and oxygen atoms in total. The van der Waals surface area contributed by atoms with Crippen LogP contribution in [0.2, 0.25) is 0 Å². The molecule has 2 atom stereocenters. The molecule has 2 unspecified atom stereocenters. The monoisotopic (exact) mass is 151 g/mol. The Labute approximate surface area is 69.0 Å². The normalized spacial score (nSPS) is 26.5. The summed E-state index contributed by atoms with van der Waals surface area (Å²) in [6.07, 6.45) is 7.92. The molecule has 1 aliphatic carbocycles. The zero-order valence-corrected chi connectivity index (χ0v) is 7.38. The molecular weight excluding hydrogens is 134 g/mol. The summed E-state index contributed by atoms with van der Waals surface area (Å²) in [4.78, 5) is 0. The van der Waals surface area contributed by atoms with Gasteiger partial charge in [0.15, 0.2) is 0 Å². The van der Waals surface area contributed by atoms with E-state index in [0.29, 0.717) is 11.8 Å². The summed E-state index contributed by atoms with van der Waals surface area (Å²) in [5, 5.41) is 0. The predicted octanol–water partition coefficient (Wildman–Crippen LogP) is 2.10. The molecular formula is C10H17N. The fourth-order valence-electron chi connectivity index (χ4n) is 1.44. The highest BCUT2D eigenvalue weighted by Crippen LogP contribution is 2.22. The number of hydrogen-bond acceptors (Lipinski definition) is 1. The summed E-state index contributed by atoms with van der Waals surface area (Å²) in [5.41, 5.74) is 6.97. The van der Waals surface area contributed by atoms with Crippen LogP contribution >= 0.6 is 0 Å². The van der Waals surface area contributed by atoms with E-state index in [1.165, 1.54) is 5.57 Å². The number of allylic oxidation sites excluding steroid dienone is 4. The summed E-state index contributed by atoms with van der Waals surface area (Å²) in [6, 6.07) is 0. The van der Waals surface area contributed by atoms with Crippen LogP contribution in [0.1, 0.15) is 20.3 Å². The average molecular weight is 151 g/mol. The van der Waals surface area contributed by atoms with E-state index >= 15 is 0 Å². The van der Waals surface area contributed by atoms with Crippen molar-refractivity contribution in [3.05, 3.63) is 23.8 Å². The summed E-state index contributed by atoms with van der Waals surface area (Å²) in [6.45, 7) is 5.15. The second-order valence-corrected chi connectivity index (χ2v) is 3.43. The minimum atomic E-state index is 0.620. The third-order valence-electron chi connectivity index (χ3n) is 2.37. The molecule has 0 heterocycles. The van der Waals surface area contributed by atoms with Gasteiger partial charge in [-0.2, -0.15) is 0 Å². The maximum Gasteiger partial charge on any atom is -0.00458 e. The van der Waals surface area contributed by atoms with Crippen LogP contribution in [-0.4, -0.2) is 6.54 Å². The van der Waals surface area contributed by atoms with Gasteiger partial charge in [0.25, 0.3) is 0 Å². The summed E-state index contributed by atoms with van der Waals surface area (Å²) in [7, 11) is 0. The van der Waals surface area contributed by atoms with Crippen molar-refractivity contribution in [3.8, 4) is 0 Å². The van der Waals surface area contributed by atoms with Crippen LogP contribution in [0.5, 0.6) is 0 Å². The van der Waals surface area contributed by atoms with Gasteiger partial charge in [0, 0.05) is 0 Å². The lowest BCUT2D eigenvalue weighted by molar-refractivity contribution is 0.437. The smallest absolute Gasteiger partial charge is 0.00458 e. The molecule has 0 aromatic carbocycles. The van der Waals surface area contributed by atoms with Gasteiger partial charge in [0.2, 0.25) is 0 Å². The molecule has 1 heteroatoms. The first-order chi connectivity index (χ1) is 5.24. The molecule has 0 aromatic heterocycles. The van der Waals surface area contributed by atoms with Crippen molar-refractivity contribution in [2.45, 2.75) is 20.3 Å². The van der Waals surface area contributed by atoms with E-state index in [-0.39, 0.29) is 0 Å². The highest BCUT2D eigenvalue weighted by molar-refractivity contribution is 5.21. The van der Waals surface area contributed by atoms with Crippen molar-refractivity contribution in [2.24, 2.45) is 17.6 Å². The Bertz CT molecular complexity index is 179. The van der Waals surface area contributed by atoms with E-state index in [4.69, 9.17) is 5.73 Å². The molecule has 1 aliphatic rings. The van der Waals surface area contributed by atoms with Gasteiger partial charge in [0.05, 0.1) is 0 Å². The Morgan fingerprint density at radius 1 is 1.73 bits per heavy atom. The molecule has 0 saturated heterocycles. The van der Waals surface area contributed by atoms with Crippen molar-refractivity contribution < 1.29 is 0 Å². The van der Waals surface area contributed by atoms with Crippen molar-refractivity contribution in [3.63, 3.8) is 0 Å². The molecule has 62 valence electrons. The summed E-state index contributed by atoms with van der Waals surface area (Å²) in [5.74, 6) is 1.29. The third-order valence-corrected chi connectivity index (χ3v) is 2.37. The van der Waals surface area contributed by atoms with Crippen molar-refractivity contribution in [2.75, 3.05) is 6.54 Å². The molecule has 0 saturated carbocycles. The number of nitrogens with two attached hydrogens (primary N) is 1. The van der Waals surface area contributed by atoms with Crippen molar-refractivity contribution in [1.29, 1.82) is 0 Å². The molecule has 2 N–H and O–H groups in total. The van der Waals surface area contributed by atoms with Crippen LogP contribution in [0.25, 0.3) is 0 Å². The Hall–Kier alpha value is -0.560. The highest BCUT2D eigenvalue weighted by Gasteiger charge is 2.13. The third kappa shape index (κ3) is 2.19. The zero-order valence-electron chi connectivity index (χ0n) is 7.38. The number of rotatable bonds is 2. The standard InChI is InChI=1S/C10H17N/c1-8-4-3-5-10(6-8)9(2)7-11/h3-4,6,9-10H,5,7,11H2,1-2H3. The molecule has 0 radical (unpaired) electrons. The molecule has 0 aromatic rings. The Kier molecular flexibility index (Phi) is 2.89. The van der Waals surface area contributed by atoms with Gasteiger partial charge in [-0.15, -0.1) is 0 Å². The minimum absolute atomic E-state index is 0.620. The van der Waals surface area contributed by atoms with Crippen LogP contribution in [0, 0.1) is 11.8 Å². The minimum Gasteiger partial charge on any atom is -0.330 e. The highest BCUT2D eigenvalue weighted by atomic mass is 14.5. The average Bonchev–Trinajstić information content (AvgIpc) is 2.03. The predicted molar refractivity (Wildman–Crippen MR) is 49.2 cm³/mol. The summed E-state index contributed by atoms with van der Waals surface area (Å²) < 4.78 is 0. The van der Waals surface area contributed by atoms with Gasteiger partial charge in [-0.3, -0.25) is 0 Å². The molecule has 0 bridgehead atoms. The first kappa shape index (κ1) is 8.54. The quantitative estimate of drug-likeness (QED) is 0.642. The summed E-state index contributed by atoms with van der Waals surface area (Å²) >= 11 is 0. The molecule has 0 spiro atoms. The van der Waals surface area contributed by atoms with Gasteiger partial charge >= 0.3 is 0 Å². The fourth-order valence-corrected chi connectivity index (χ4v) is 1.44.